The maximum absolute atomic E-state index is 5.75. The topological polar surface area (TPSA) is 18.5 Å². The molecular formula is C13H20O2Si. The van der Waals surface area contributed by atoms with Gasteiger partial charge in [-0.3, -0.25) is 0 Å². The van der Waals surface area contributed by atoms with Crippen LogP contribution in [0, 0.1) is 0 Å². The second kappa shape index (κ2) is 5.99. The second-order valence-electron chi connectivity index (χ2n) is 4.15. The largest absolute Gasteiger partial charge is 0.398 e. The number of benzene rings is 1. The Morgan fingerprint density at radius 2 is 2.12 bits per heavy atom. The lowest BCUT2D eigenvalue weighted by Gasteiger charge is -2.20. The van der Waals surface area contributed by atoms with E-state index in [-0.39, 0.29) is 0 Å². The summed E-state index contributed by atoms with van der Waals surface area (Å²) >= 11 is 0. The molecule has 3 heteroatoms. The first-order chi connectivity index (χ1) is 7.57. The van der Waals surface area contributed by atoms with Crippen molar-refractivity contribution in [3.05, 3.63) is 42.0 Å². The molecule has 1 aromatic carbocycles. The Hall–Kier alpha value is -0.903. The van der Waals surface area contributed by atoms with Gasteiger partial charge in [-0.25, -0.2) is 0 Å². The maximum atomic E-state index is 5.75. The van der Waals surface area contributed by atoms with E-state index in [1.54, 1.807) is 7.11 Å². The summed E-state index contributed by atoms with van der Waals surface area (Å²) in [4.78, 5) is 0. The molecular weight excluding hydrogens is 216 g/mol. The Kier molecular flexibility index (Phi) is 4.93. The molecule has 2 nitrogen and oxygen atoms in total. The third-order valence-corrected chi connectivity index (χ3v) is 4.40. The Morgan fingerprint density at radius 1 is 1.38 bits per heavy atom. The lowest BCUT2D eigenvalue weighted by atomic mass is 10.1. The summed E-state index contributed by atoms with van der Waals surface area (Å²) in [5.41, 5.74) is 2.43. The first-order valence-electron chi connectivity index (χ1n) is 5.48. The summed E-state index contributed by atoms with van der Waals surface area (Å²) in [6, 6.07) is 8.34. The third-order valence-electron chi connectivity index (χ3n) is 2.52. The quantitative estimate of drug-likeness (QED) is 0.706. The summed E-state index contributed by atoms with van der Waals surface area (Å²) in [6.45, 7) is 8.57. The van der Waals surface area contributed by atoms with E-state index in [2.05, 4.69) is 18.7 Å². The molecule has 0 saturated carbocycles. The molecule has 0 N–H and O–H groups in total. The highest BCUT2D eigenvalue weighted by Crippen LogP contribution is 2.09. The maximum Gasteiger partial charge on any atom is 0.331 e. The molecule has 1 rings (SSSR count). The minimum atomic E-state index is -1.87. The van der Waals surface area contributed by atoms with Gasteiger partial charge in [0, 0.05) is 13.7 Å². The van der Waals surface area contributed by atoms with Gasteiger partial charge in [0.05, 0.1) is 0 Å². The van der Waals surface area contributed by atoms with Crippen LogP contribution in [-0.4, -0.2) is 22.3 Å². The van der Waals surface area contributed by atoms with Crippen LogP contribution >= 0.6 is 0 Å². The molecule has 0 aliphatic carbocycles. The second-order valence-corrected chi connectivity index (χ2v) is 7.65. The molecule has 0 aliphatic heterocycles. The van der Waals surface area contributed by atoms with Crippen molar-refractivity contribution >= 4 is 14.6 Å². The zero-order chi connectivity index (χ0) is 12.0. The predicted octanol–water partition coefficient (Wildman–Crippen LogP) is 3.24. The van der Waals surface area contributed by atoms with Gasteiger partial charge in [-0.2, -0.15) is 0 Å². The van der Waals surface area contributed by atoms with Crippen molar-refractivity contribution in [1.82, 2.24) is 0 Å². The normalized spacial score (nSPS) is 11.4. The van der Waals surface area contributed by atoms with Crippen LogP contribution in [-0.2, 0) is 15.3 Å². The van der Waals surface area contributed by atoms with E-state index in [4.69, 9.17) is 8.85 Å². The van der Waals surface area contributed by atoms with E-state index >= 15 is 0 Å². The summed E-state index contributed by atoms with van der Waals surface area (Å²) in [6.07, 6.45) is 2.78. The lowest BCUT2D eigenvalue weighted by Crippen LogP contribution is -2.33. The van der Waals surface area contributed by atoms with Crippen molar-refractivity contribution in [1.29, 1.82) is 0 Å². The molecule has 0 saturated heterocycles. The van der Waals surface area contributed by atoms with Gasteiger partial charge in [-0.05, 0) is 30.6 Å². The van der Waals surface area contributed by atoms with Gasteiger partial charge in [-0.1, -0.05) is 36.9 Å². The minimum Gasteiger partial charge on any atom is -0.398 e. The summed E-state index contributed by atoms with van der Waals surface area (Å²) < 4.78 is 11.1. The summed E-state index contributed by atoms with van der Waals surface area (Å²) in [5.74, 6) is 0. The lowest BCUT2D eigenvalue weighted by molar-refractivity contribution is 0.213. The first-order valence-corrected chi connectivity index (χ1v) is 8.29. The molecule has 0 aliphatic rings. The van der Waals surface area contributed by atoms with Crippen molar-refractivity contribution in [3.63, 3.8) is 0 Å². The van der Waals surface area contributed by atoms with E-state index in [0.29, 0.717) is 6.61 Å². The fraction of sp³-hybridized carbons (Fsp3) is 0.385. The van der Waals surface area contributed by atoms with E-state index in [1.807, 2.05) is 31.3 Å². The highest BCUT2D eigenvalue weighted by Gasteiger charge is 2.21. The van der Waals surface area contributed by atoms with Crippen LogP contribution < -0.4 is 0 Å². The van der Waals surface area contributed by atoms with Gasteiger partial charge in [0.25, 0.3) is 0 Å². The van der Waals surface area contributed by atoms with Crippen molar-refractivity contribution in [2.75, 3.05) is 13.7 Å². The molecule has 1 aromatic rings. The minimum absolute atomic E-state index is 0.716. The molecule has 0 amide bonds. The fourth-order valence-electron chi connectivity index (χ4n) is 1.35. The molecule has 0 atom stereocenters. The standard InChI is InChI=1S/C13H20O2Si/c1-5-12-7-6-8-13(11-12)9-10-15-16(3,4)14-2/h5-8,11H,1,9-10H2,2-4H3. The zero-order valence-corrected chi connectivity index (χ0v) is 11.3. The Balaban J connectivity index is 2.45. The van der Waals surface area contributed by atoms with Crippen molar-refractivity contribution < 1.29 is 8.85 Å². The van der Waals surface area contributed by atoms with Gasteiger partial charge >= 0.3 is 8.56 Å². The van der Waals surface area contributed by atoms with Gasteiger partial charge in [0.1, 0.15) is 0 Å². The van der Waals surface area contributed by atoms with Crippen LogP contribution in [0.25, 0.3) is 6.08 Å². The van der Waals surface area contributed by atoms with E-state index in [9.17, 15) is 0 Å². The molecule has 0 fully saturated rings. The zero-order valence-electron chi connectivity index (χ0n) is 10.3. The van der Waals surface area contributed by atoms with E-state index < -0.39 is 8.56 Å². The van der Waals surface area contributed by atoms with Crippen LogP contribution in [0.2, 0.25) is 13.1 Å². The van der Waals surface area contributed by atoms with Crippen molar-refractivity contribution in [3.8, 4) is 0 Å². The van der Waals surface area contributed by atoms with Gasteiger partial charge in [-0.15, -0.1) is 0 Å². The van der Waals surface area contributed by atoms with Crippen LogP contribution in [0.4, 0.5) is 0 Å². The highest BCUT2D eigenvalue weighted by atomic mass is 28.4. The van der Waals surface area contributed by atoms with Gasteiger partial charge in [0.2, 0.25) is 0 Å². The molecule has 0 unspecified atom stereocenters. The Morgan fingerprint density at radius 3 is 2.75 bits per heavy atom. The molecule has 0 radical (unpaired) electrons. The van der Waals surface area contributed by atoms with Crippen molar-refractivity contribution in [2.45, 2.75) is 19.5 Å². The highest BCUT2D eigenvalue weighted by molar-refractivity contribution is 6.64. The first kappa shape index (κ1) is 13.2. The Labute approximate surface area is 99.2 Å². The molecule has 0 spiro atoms. The monoisotopic (exact) mass is 236 g/mol. The molecule has 0 heterocycles. The summed E-state index contributed by atoms with van der Waals surface area (Å²) in [5, 5.41) is 0. The van der Waals surface area contributed by atoms with Crippen LogP contribution in [0.1, 0.15) is 11.1 Å². The van der Waals surface area contributed by atoms with E-state index in [1.165, 1.54) is 5.56 Å². The van der Waals surface area contributed by atoms with Crippen molar-refractivity contribution in [2.24, 2.45) is 0 Å². The fourth-order valence-corrected chi connectivity index (χ4v) is 2.06. The Bertz CT molecular complexity index is 348. The molecule has 88 valence electrons. The third kappa shape index (κ3) is 4.31. The van der Waals surface area contributed by atoms with E-state index in [0.717, 1.165) is 12.0 Å². The molecule has 0 aromatic heterocycles. The average molecular weight is 236 g/mol. The average Bonchev–Trinajstić information content (AvgIpc) is 2.29. The van der Waals surface area contributed by atoms with Crippen LogP contribution in [0.15, 0.2) is 30.8 Å². The SMILES string of the molecule is C=Cc1cccc(CCO[Si](C)(C)OC)c1. The number of rotatable bonds is 6. The smallest absolute Gasteiger partial charge is 0.331 e. The van der Waals surface area contributed by atoms with Crippen LogP contribution in [0.5, 0.6) is 0 Å². The van der Waals surface area contributed by atoms with Crippen LogP contribution in [0.3, 0.4) is 0 Å². The molecule has 0 bridgehead atoms. The van der Waals surface area contributed by atoms with Gasteiger partial charge < -0.3 is 8.85 Å². The number of hydrogen-bond acceptors (Lipinski definition) is 2. The molecule has 16 heavy (non-hydrogen) atoms. The van der Waals surface area contributed by atoms with Gasteiger partial charge in [0.15, 0.2) is 0 Å². The number of hydrogen-bond donors (Lipinski definition) is 0. The predicted molar refractivity (Wildman–Crippen MR) is 70.7 cm³/mol. The summed E-state index contributed by atoms with van der Waals surface area (Å²) in [7, 11) is -0.160.